The number of primary amides is 1. The zero-order valence-electron chi connectivity index (χ0n) is 9.94. The van der Waals surface area contributed by atoms with E-state index in [1.165, 1.54) is 11.9 Å². The smallest absolute Gasteiger partial charge is 0.287 e. The summed E-state index contributed by atoms with van der Waals surface area (Å²) in [4.78, 5) is 36.6. The number of piperidine rings is 1. The molecule has 0 aromatic rings. The Morgan fingerprint density at radius 2 is 1.94 bits per heavy atom. The van der Waals surface area contributed by atoms with Crippen LogP contribution in [0, 0.1) is 5.92 Å². The Morgan fingerprint density at radius 3 is 2.35 bits per heavy atom. The van der Waals surface area contributed by atoms with Gasteiger partial charge in [-0.3, -0.25) is 19.3 Å². The van der Waals surface area contributed by atoms with Crippen LogP contribution in [0.25, 0.3) is 0 Å². The zero-order chi connectivity index (χ0) is 12.6. The lowest BCUT2D eigenvalue weighted by Crippen LogP contribution is -3.17. The average molecular weight is 240 g/mol. The third-order valence-corrected chi connectivity index (χ3v) is 3.90. The minimum absolute atomic E-state index is 0.0660. The van der Waals surface area contributed by atoms with Crippen LogP contribution >= 0.6 is 0 Å². The van der Waals surface area contributed by atoms with E-state index in [1.807, 2.05) is 0 Å². The van der Waals surface area contributed by atoms with Crippen molar-refractivity contribution in [1.82, 2.24) is 4.90 Å². The minimum atomic E-state index is -0.255. The van der Waals surface area contributed by atoms with Crippen LogP contribution in [0.15, 0.2) is 0 Å². The second kappa shape index (κ2) is 4.44. The molecule has 2 saturated heterocycles. The first-order valence-electron chi connectivity index (χ1n) is 5.95. The van der Waals surface area contributed by atoms with Gasteiger partial charge in [-0.15, -0.1) is 0 Å². The molecule has 0 bridgehead atoms. The van der Waals surface area contributed by atoms with E-state index in [-0.39, 0.29) is 29.7 Å². The molecule has 0 saturated carbocycles. The fraction of sp³-hybridized carbons (Fsp3) is 0.727. The number of rotatable bonds is 2. The molecule has 2 heterocycles. The van der Waals surface area contributed by atoms with Crippen molar-refractivity contribution in [2.45, 2.75) is 25.3 Å². The highest BCUT2D eigenvalue weighted by Gasteiger charge is 2.44. The summed E-state index contributed by atoms with van der Waals surface area (Å²) in [5.41, 5.74) is 5.26. The highest BCUT2D eigenvalue weighted by atomic mass is 16.2. The van der Waals surface area contributed by atoms with Crippen LogP contribution in [0.4, 0.5) is 0 Å². The molecule has 0 aliphatic carbocycles. The van der Waals surface area contributed by atoms with Gasteiger partial charge in [0, 0.05) is 25.8 Å². The van der Waals surface area contributed by atoms with Crippen LogP contribution in [0.2, 0.25) is 0 Å². The largest absolute Gasteiger partial charge is 0.369 e. The number of carbonyl (C=O) groups excluding carboxylic acids is 3. The number of likely N-dealkylation sites (N-methyl/N-ethyl adjacent to an activating group) is 1. The van der Waals surface area contributed by atoms with Crippen molar-refractivity contribution in [1.29, 1.82) is 0 Å². The Labute approximate surface area is 99.7 Å². The summed E-state index contributed by atoms with van der Waals surface area (Å²) in [7, 11) is 1.53. The molecule has 1 atom stereocenters. The fourth-order valence-corrected chi connectivity index (χ4v) is 2.70. The highest BCUT2D eigenvalue weighted by Crippen LogP contribution is 2.12. The first kappa shape index (κ1) is 12.0. The van der Waals surface area contributed by atoms with Gasteiger partial charge in [0.15, 0.2) is 6.04 Å². The van der Waals surface area contributed by atoms with Gasteiger partial charge in [-0.1, -0.05) is 0 Å². The monoisotopic (exact) mass is 240 g/mol. The first-order chi connectivity index (χ1) is 8.00. The summed E-state index contributed by atoms with van der Waals surface area (Å²) in [6.45, 7) is 1.48. The molecule has 2 aliphatic heterocycles. The number of amides is 3. The van der Waals surface area contributed by atoms with Crippen LogP contribution < -0.4 is 10.6 Å². The van der Waals surface area contributed by atoms with E-state index in [1.54, 1.807) is 0 Å². The molecule has 0 spiro atoms. The van der Waals surface area contributed by atoms with Gasteiger partial charge in [-0.05, 0) is 0 Å². The van der Waals surface area contributed by atoms with E-state index in [4.69, 9.17) is 5.73 Å². The second-order valence-electron chi connectivity index (χ2n) is 4.88. The van der Waals surface area contributed by atoms with E-state index in [0.29, 0.717) is 19.3 Å². The summed E-state index contributed by atoms with van der Waals surface area (Å²) in [5.74, 6) is -0.522. The molecule has 3 N–H and O–H groups in total. The normalized spacial score (nSPS) is 34.2. The van der Waals surface area contributed by atoms with Crippen molar-refractivity contribution in [2.24, 2.45) is 11.7 Å². The predicted octanol–water partition coefficient (Wildman–Crippen LogP) is -2.48. The molecule has 94 valence electrons. The summed E-state index contributed by atoms with van der Waals surface area (Å²) in [5, 5.41) is 0. The molecule has 6 nitrogen and oxygen atoms in total. The topological polar surface area (TPSA) is 84.9 Å². The number of nitrogens with two attached hydrogens (primary N) is 1. The van der Waals surface area contributed by atoms with Crippen molar-refractivity contribution < 1.29 is 19.3 Å². The number of hydrogen-bond donors (Lipinski definition) is 2. The number of likely N-dealkylation sites (tertiary alicyclic amines) is 2. The van der Waals surface area contributed by atoms with Gasteiger partial charge in [0.25, 0.3) is 5.91 Å². The third kappa shape index (κ3) is 2.17. The Balaban J connectivity index is 1.96. The molecule has 0 radical (unpaired) electrons. The van der Waals surface area contributed by atoms with Gasteiger partial charge in [-0.2, -0.15) is 0 Å². The van der Waals surface area contributed by atoms with E-state index >= 15 is 0 Å². The van der Waals surface area contributed by atoms with Crippen LogP contribution in [-0.4, -0.2) is 48.8 Å². The average Bonchev–Trinajstić information content (AvgIpc) is 2.57. The number of nitrogens with one attached hydrogen (secondary N) is 1. The van der Waals surface area contributed by atoms with Crippen molar-refractivity contribution in [2.75, 3.05) is 20.1 Å². The standard InChI is InChI=1S/C11H17N3O3/c1-13-9(15)6-8(11(13)17)14-4-2-7(3-5-14)10(12)16/h7-8H,2-6H2,1H3,(H2,12,16)/p+1. The second-order valence-corrected chi connectivity index (χ2v) is 4.88. The van der Waals surface area contributed by atoms with E-state index in [9.17, 15) is 14.4 Å². The molecule has 2 fully saturated rings. The van der Waals surface area contributed by atoms with Crippen LogP contribution in [0.1, 0.15) is 19.3 Å². The van der Waals surface area contributed by atoms with Gasteiger partial charge in [0.05, 0.1) is 19.5 Å². The lowest BCUT2D eigenvalue weighted by atomic mass is 9.95. The molecule has 2 aliphatic rings. The van der Waals surface area contributed by atoms with Gasteiger partial charge in [-0.25, -0.2) is 0 Å². The fourth-order valence-electron chi connectivity index (χ4n) is 2.70. The molecule has 6 heteroatoms. The van der Waals surface area contributed by atoms with Crippen molar-refractivity contribution in [3.05, 3.63) is 0 Å². The molecule has 3 amide bonds. The Hall–Kier alpha value is -1.43. The Kier molecular flexibility index (Phi) is 3.15. The number of carbonyl (C=O) groups is 3. The number of nitrogens with zero attached hydrogens (tertiary/aromatic N) is 1. The van der Waals surface area contributed by atoms with Crippen LogP contribution in [0.3, 0.4) is 0 Å². The molecule has 2 rings (SSSR count). The molecular weight excluding hydrogens is 222 g/mol. The number of imide groups is 1. The van der Waals surface area contributed by atoms with E-state index in [2.05, 4.69) is 0 Å². The Morgan fingerprint density at radius 1 is 1.35 bits per heavy atom. The third-order valence-electron chi connectivity index (χ3n) is 3.90. The quantitative estimate of drug-likeness (QED) is 0.524. The Bertz CT molecular complexity index is 361. The summed E-state index contributed by atoms with van der Waals surface area (Å²) >= 11 is 0. The lowest BCUT2D eigenvalue weighted by Gasteiger charge is -2.30. The highest BCUT2D eigenvalue weighted by molar-refractivity contribution is 6.04. The molecule has 1 unspecified atom stereocenters. The predicted molar refractivity (Wildman–Crippen MR) is 58.8 cm³/mol. The molecule has 0 aromatic heterocycles. The molecule has 17 heavy (non-hydrogen) atoms. The maximum Gasteiger partial charge on any atom is 0.287 e. The minimum Gasteiger partial charge on any atom is -0.369 e. The van der Waals surface area contributed by atoms with Gasteiger partial charge >= 0.3 is 0 Å². The van der Waals surface area contributed by atoms with Gasteiger partial charge in [0.2, 0.25) is 11.8 Å². The summed E-state index contributed by atoms with van der Waals surface area (Å²) in [6.07, 6.45) is 1.73. The first-order valence-corrected chi connectivity index (χ1v) is 5.95. The van der Waals surface area contributed by atoms with Gasteiger partial charge < -0.3 is 10.6 Å². The van der Waals surface area contributed by atoms with Crippen LogP contribution in [-0.2, 0) is 14.4 Å². The summed E-state index contributed by atoms with van der Waals surface area (Å²) in [6, 6.07) is -0.249. The maximum absolute atomic E-state index is 11.8. The van der Waals surface area contributed by atoms with Crippen LogP contribution in [0.5, 0.6) is 0 Å². The van der Waals surface area contributed by atoms with Gasteiger partial charge in [0.1, 0.15) is 0 Å². The van der Waals surface area contributed by atoms with Crippen molar-refractivity contribution in [3.63, 3.8) is 0 Å². The SMILES string of the molecule is CN1C(=O)CC([NH+]2CCC(C(N)=O)CC2)C1=O. The molecule has 0 aromatic carbocycles. The summed E-state index contributed by atoms with van der Waals surface area (Å²) < 4.78 is 0. The van der Waals surface area contributed by atoms with Crippen molar-refractivity contribution in [3.8, 4) is 0 Å². The number of quaternary nitrogens is 1. The van der Waals surface area contributed by atoms with E-state index in [0.717, 1.165) is 18.0 Å². The lowest BCUT2D eigenvalue weighted by molar-refractivity contribution is -0.920. The zero-order valence-corrected chi connectivity index (χ0v) is 9.94. The maximum atomic E-state index is 11.8. The van der Waals surface area contributed by atoms with E-state index < -0.39 is 0 Å². The van der Waals surface area contributed by atoms with Crippen molar-refractivity contribution >= 4 is 17.7 Å². The molecular formula is C11H18N3O3+. The number of hydrogen-bond acceptors (Lipinski definition) is 3.